The largest absolute Gasteiger partial charge is 0.447 e. The fourth-order valence-corrected chi connectivity index (χ4v) is 0.681. The first-order chi connectivity index (χ1) is 6.33. The van der Waals surface area contributed by atoms with Crippen LogP contribution in [0.4, 0.5) is 4.79 Å². The molecule has 0 aliphatic heterocycles. The van der Waals surface area contributed by atoms with Crippen molar-refractivity contribution in [1.82, 2.24) is 10.5 Å². The minimum atomic E-state index is -0.586. The Balaban J connectivity index is 2.15. The van der Waals surface area contributed by atoms with Gasteiger partial charge in [-0.25, -0.2) is 4.79 Å². The van der Waals surface area contributed by atoms with Crippen LogP contribution in [0.5, 0.6) is 0 Å². The molecule has 1 heterocycles. The molecule has 0 unspecified atom stereocenters. The first kappa shape index (κ1) is 9.53. The lowest BCUT2D eigenvalue weighted by atomic mass is 10.4. The van der Waals surface area contributed by atoms with Crippen molar-refractivity contribution in [1.29, 1.82) is 0 Å². The van der Waals surface area contributed by atoms with Gasteiger partial charge in [0.15, 0.2) is 0 Å². The predicted octanol–water partition coefficient (Wildman–Crippen LogP) is -0.107. The number of aliphatic hydroxyl groups is 1. The van der Waals surface area contributed by atoms with Crippen molar-refractivity contribution in [3.05, 3.63) is 18.0 Å². The molecule has 0 bridgehead atoms. The van der Waals surface area contributed by atoms with Gasteiger partial charge in [0.05, 0.1) is 13.2 Å². The average molecular weight is 186 g/mol. The van der Waals surface area contributed by atoms with Crippen LogP contribution in [0.25, 0.3) is 0 Å². The lowest BCUT2D eigenvalue weighted by molar-refractivity contribution is 0.118. The fraction of sp³-hybridized carbons (Fsp3) is 0.429. The zero-order chi connectivity index (χ0) is 9.52. The van der Waals surface area contributed by atoms with Crippen molar-refractivity contribution >= 4 is 6.09 Å². The first-order valence-electron chi connectivity index (χ1n) is 3.73. The molecule has 1 rings (SSSR count). The minimum Gasteiger partial charge on any atom is -0.447 e. The van der Waals surface area contributed by atoms with Crippen molar-refractivity contribution in [2.45, 2.75) is 6.54 Å². The van der Waals surface area contributed by atoms with E-state index >= 15 is 0 Å². The molecule has 0 atom stereocenters. The molecule has 6 heteroatoms. The van der Waals surface area contributed by atoms with E-state index in [1.807, 2.05) is 0 Å². The molecule has 0 aromatic carbocycles. The van der Waals surface area contributed by atoms with E-state index in [9.17, 15) is 4.79 Å². The Hall–Kier alpha value is -1.56. The first-order valence-corrected chi connectivity index (χ1v) is 3.73. The molecule has 72 valence electrons. The number of ether oxygens (including phenoxy) is 1. The minimum absolute atomic E-state index is 0.00928. The number of aromatic nitrogens is 1. The summed E-state index contributed by atoms with van der Waals surface area (Å²) >= 11 is 0. The molecule has 0 aliphatic rings. The third-order valence-corrected chi connectivity index (χ3v) is 1.23. The molecular weight excluding hydrogens is 176 g/mol. The zero-order valence-corrected chi connectivity index (χ0v) is 6.90. The Morgan fingerprint density at radius 1 is 1.77 bits per heavy atom. The van der Waals surface area contributed by atoms with E-state index in [-0.39, 0.29) is 19.8 Å². The van der Waals surface area contributed by atoms with E-state index in [2.05, 4.69) is 19.7 Å². The van der Waals surface area contributed by atoms with E-state index in [1.165, 1.54) is 6.26 Å². The molecule has 0 saturated heterocycles. The summed E-state index contributed by atoms with van der Waals surface area (Å²) < 4.78 is 9.08. The van der Waals surface area contributed by atoms with E-state index in [1.54, 1.807) is 6.07 Å². The predicted molar refractivity (Wildman–Crippen MR) is 41.8 cm³/mol. The normalized spacial score (nSPS) is 9.62. The van der Waals surface area contributed by atoms with Gasteiger partial charge in [0.25, 0.3) is 0 Å². The third-order valence-electron chi connectivity index (χ3n) is 1.23. The quantitative estimate of drug-likeness (QED) is 0.685. The van der Waals surface area contributed by atoms with Crippen LogP contribution in [-0.2, 0) is 11.3 Å². The highest BCUT2D eigenvalue weighted by atomic mass is 16.6. The molecule has 1 amide bonds. The summed E-state index contributed by atoms with van der Waals surface area (Å²) in [6, 6.07) is 1.63. The summed E-state index contributed by atoms with van der Waals surface area (Å²) in [6.07, 6.45) is 0.827. The Morgan fingerprint density at radius 3 is 3.23 bits per heavy atom. The monoisotopic (exact) mass is 186 g/mol. The van der Waals surface area contributed by atoms with Crippen molar-refractivity contribution in [3.8, 4) is 0 Å². The van der Waals surface area contributed by atoms with Crippen LogP contribution in [0.15, 0.2) is 16.9 Å². The summed E-state index contributed by atoms with van der Waals surface area (Å²) in [6.45, 7) is 0.0583. The van der Waals surface area contributed by atoms with Crippen LogP contribution in [0, 0.1) is 0 Å². The molecule has 6 nitrogen and oxygen atoms in total. The third kappa shape index (κ3) is 3.57. The average Bonchev–Trinajstić information content (AvgIpc) is 2.64. The second kappa shape index (κ2) is 5.15. The van der Waals surface area contributed by atoms with Gasteiger partial charge in [-0.1, -0.05) is 5.16 Å². The SMILES string of the molecule is O=C(NCc1ccon1)OCCO. The molecule has 0 spiro atoms. The van der Waals surface area contributed by atoms with Gasteiger partial charge < -0.3 is 19.7 Å². The van der Waals surface area contributed by atoms with Gasteiger partial charge in [0, 0.05) is 6.07 Å². The number of hydrogen-bond donors (Lipinski definition) is 2. The number of alkyl carbamates (subject to hydrolysis) is 1. The molecule has 1 aromatic rings. The number of amides is 1. The summed E-state index contributed by atoms with van der Waals surface area (Å²) in [7, 11) is 0. The lowest BCUT2D eigenvalue weighted by Gasteiger charge is -2.02. The van der Waals surface area contributed by atoms with Gasteiger partial charge in [-0.05, 0) is 0 Å². The highest BCUT2D eigenvalue weighted by Gasteiger charge is 2.02. The maximum atomic E-state index is 10.8. The Morgan fingerprint density at radius 2 is 2.62 bits per heavy atom. The van der Waals surface area contributed by atoms with Gasteiger partial charge in [-0.2, -0.15) is 0 Å². The summed E-state index contributed by atoms with van der Waals surface area (Å²) in [5, 5.41) is 14.3. The van der Waals surface area contributed by atoms with Crippen LogP contribution in [0.2, 0.25) is 0 Å². The summed E-state index contributed by atoms with van der Waals surface area (Å²) in [5.74, 6) is 0. The van der Waals surface area contributed by atoms with E-state index < -0.39 is 6.09 Å². The number of carbonyl (C=O) groups excluding carboxylic acids is 1. The highest BCUT2D eigenvalue weighted by molar-refractivity contribution is 5.66. The van der Waals surface area contributed by atoms with Gasteiger partial charge in [-0.15, -0.1) is 0 Å². The number of nitrogens with zero attached hydrogens (tertiary/aromatic N) is 1. The van der Waals surface area contributed by atoms with Crippen molar-refractivity contribution in [3.63, 3.8) is 0 Å². The molecule has 2 N–H and O–H groups in total. The Labute approximate surface area is 74.5 Å². The molecule has 0 radical (unpaired) electrons. The van der Waals surface area contributed by atoms with Crippen molar-refractivity contribution in [2.24, 2.45) is 0 Å². The van der Waals surface area contributed by atoms with Crippen LogP contribution < -0.4 is 5.32 Å². The van der Waals surface area contributed by atoms with Crippen molar-refractivity contribution in [2.75, 3.05) is 13.2 Å². The second-order valence-electron chi connectivity index (χ2n) is 2.20. The van der Waals surface area contributed by atoms with E-state index in [0.29, 0.717) is 5.69 Å². The molecule has 1 aromatic heterocycles. The number of rotatable bonds is 4. The lowest BCUT2D eigenvalue weighted by Crippen LogP contribution is -2.24. The molecule has 13 heavy (non-hydrogen) atoms. The highest BCUT2D eigenvalue weighted by Crippen LogP contribution is 1.92. The summed E-state index contributed by atoms with van der Waals surface area (Å²) in [5.41, 5.74) is 0.612. The fourth-order valence-electron chi connectivity index (χ4n) is 0.681. The molecule has 0 aliphatic carbocycles. The molecule has 0 saturated carbocycles. The topological polar surface area (TPSA) is 84.6 Å². The van der Waals surface area contributed by atoms with Crippen LogP contribution >= 0.6 is 0 Å². The van der Waals surface area contributed by atoms with Crippen LogP contribution in [-0.4, -0.2) is 29.6 Å². The number of nitrogens with one attached hydrogen (secondary N) is 1. The molecule has 0 fully saturated rings. The number of hydrogen-bond acceptors (Lipinski definition) is 5. The Kier molecular flexibility index (Phi) is 3.77. The Bertz CT molecular complexity index is 247. The summed E-state index contributed by atoms with van der Waals surface area (Å²) in [4.78, 5) is 10.8. The zero-order valence-electron chi connectivity index (χ0n) is 6.90. The second-order valence-corrected chi connectivity index (χ2v) is 2.20. The number of aliphatic hydroxyl groups excluding tert-OH is 1. The standard InChI is InChI=1S/C7H10N2O4/c10-2-4-12-7(11)8-5-6-1-3-13-9-6/h1,3,10H,2,4-5H2,(H,8,11). The van der Waals surface area contributed by atoms with Gasteiger partial charge in [-0.3, -0.25) is 0 Å². The van der Waals surface area contributed by atoms with E-state index in [4.69, 9.17) is 5.11 Å². The van der Waals surface area contributed by atoms with Gasteiger partial charge >= 0.3 is 6.09 Å². The van der Waals surface area contributed by atoms with E-state index in [0.717, 1.165) is 0 Å². The maximum Gasteiger partial charge on any atom is 0.407 e. The smallest absolute Gasteiger partial charge is 0.407 e. The van der Waals surface area contributed by atoms with Crippen molar-refractivity contribution < 1.29 is 19.2 Å². The van der Waals surface area contributed by atoms with Crippen LogP contribution in [0.3, 0.4) is 0 Å². The van der Waals surface area contributed by atoms with Crippen LogP contribution in [0.1, 0.15) is 5.69 Å². The van der Waals surface area contributed by atoms with Gasteiger partial charge in [0.1, 0.15) is 18.6 Å². The van der Waals surface area contributed by atoms with Gasteiger partial charge in [0.2, 0.25) is 0 Å². The number of carbonyl (C=O) groups is 1. The maximum absolute atomic E-state index is 10.8. The molecular formula is C7H10N2O4.